The third-order valence-electron chi connectivity index (χ3n) is 2.33. The highest BCUT2D eigenvalue weighted by Crippen LogP contribution is 2.18. The molecule has 2 rings (SSSR count). The number of hydrogen-bond donors (Lipinski definition) is 1. The molecule has 4 heteroatoms. The van der Waals surface area contributed by atoms with Crippen LogP contribution in [-0.4, -0.2) is 31.3 Å². The van der Waals surface area contributed by atoms with Crippen molar-refractivity contribution in [3.8, 4) is 5.75 Å². The average Bonchev–Trinajstić information content (AvgIpc) is 2.38. The highest BCUT2D eigenvalue weighted by molar-refractivity contribution is 5.79. The van der Waals surface area contributed by atoms with Gasteiger partial charge in [0.2, 0.25) is 0 Å². The summed E-state index contributed by atoms with van der Waals surface area (Å²) >= 11 is 0. The lowest BCUT2D eigenvalue weighted by atomic mass is 10.2. The standard InChI is InChI=1S/C13H16N2O2/c14-5-7-16-8-9-17-12-3-4-13-11(10-12)2-1-6-15-13/h1-4,6,10H,5,7-9,14H2. The van der Waals surface area contributed by atoms with Crippen molar-refractivity contribution in [3.63, 3.8) is 0 Å². The molecule has 0 aliphatic heterocycles. The summed E-state index contributed by atoms with van der Waals surface area (Å²) in [5, 5.41) is 1.08. The Morgan fingerprint density at radius 3 is 2.94 bits per heavy atom. The maximum absolute atomic E-state index is 5.57. The van der Waals surface area contributed by atoms with E-state index in [9.17, 15) is 0 Å². The lowest BCUT2D eigenvalue weighted by Gasteiger charge is -2.07. The van der Waals surface area contributed by atoms with E-state index in [4.69, 9.17) is 15.2 Å². The predicted octanol–water partition coefficient (Wildman–Crippen LogP) is 1.59. The van der Waals surface area contributed by atoms with Gasteiger partial charge in [-0.25, -0.2) is 0 Å². The Bertz CT molecular complexity index is 474. The zero-order valence-corrected chi connectivity index (χ0v) is 9.63. The van der Waals surface area contributed by atoms with Crippen molar-refractivity contribution in [2.45, 2.75) is 0 Å². The zero-order chi connectivity index (χ0) is 11.9. The van der Waals surface area contributed by atoms with Crippen LogP contribution in [0, 0.1) is 0 Å². The second-order valence-corrected chi connectivity index (χ2v) is 3.61. The fourth-order valence-corrected chi connectivity index (χ4v) is 1.55. The Balaban J connectivity index is 1.90. The van der Waals surface area contributed by atoms with Gasteiger partial charge < -0.3 is 15.2 Å². The molecule has 0 saturated heterocycles. The van der Waals surface area contributed by atoms with Crippen molar-refractivity contribution in [2.24, 2.45) is 5.73 Å². The molecule has 1 aromatic heterocycles. The summed E-state index contributed by atoms with van der Waals surface area (Å²) in [5.41, 5.74) is 6.28. The highest BCUT2D eigenvalue weighted by atomic mass is 16.5. The number of ether oxygens (including phenoxy) is 2. The zero-order valence-electron chi connectivity index (χ0n) is 9.63. The van der Waals surface area contributed by atoms with E-state index in [2.05, 4.69) is 4.98 Å². The minimum atomic E-state index is 0.534. The predicted molar refractivity (Wildman–Crippen MR) is 67.1 cm³/mol. The number of nitrogens with two attached hydrogens (primary N) is 1. The van der Waals surface area contributed by atoms with Gasteiger partial charge in [0.25, 0.3) is 0 Å². The summed E-state index contributed by atoms with van der Waals surface area (Å²) in [4.78, 5) is 4.25. The van der Waals surface area contributed by atoms with Gasteiger partial charge in [-0.15, -0.1) is 0 Å². The molecule has 0 aliphatic carbocycles. The third-order valence-corrected chi connectivity index (χ3v) is 2.33. The number of fused-ring (bicyclic) bond motifs is 1. The van der Waals surface area contributed by atoms with E-state index in [1.807, 2.05) is 30.3 Å². The molecule has 17 heavy (non-hydrogen) atoms. The Kier molecular flexibility index (Phi) is 4.30. The van der Waals surface area contributed by atoms with Crippen molar-refractivity contribution in [2.75, 3.05) is 26.4 Å². The molecule has 0 amide bonds. The van der Waals surface area contributed by atoms with Gasteiger partial charge in [-0.2, -0.15) is 0 Å². The van der Waals surface area contributed by atoms with E-state index in [1.165, 1.54) is 0 Å². The number of pyridine rings is 1. The second kappa shape index (κ2) is 6.18. The van der Waals surface area contributed by atoms with Crippen LogP contribution >= 0.6 is 0 Å². The van der Waals surface area contributed by atoms with E-state index in [0.717, 1.165) is 16.7 Å². The van der Waals surface area contributed by atoms with Gasteiger partial charge in [0, 0.05) is 18.1 Å². The normalized spacial score (nSPS) is 10.6. The molecule has 2 N–H and O–H groups in total. The summed E-state index contributed by atoms with van der Waals surface area (Å²) in [6.07, 6.45) is 1.78. The molecule has 0 spiro atoms. The first-order valence-electron chi connectivity index (χ1n) is 5.65. The quantitative estimate of drug-likeness (QED) is 0.768. The molecule has 90 valence electrons. The van der Waals surface area contributed by atoms with E-state index in [1.54, 1.807) is 6.20 Å². The van der Waals surface area contributed by atoms with Gasteiger partial charge >= 0.3 is 0 Å². The van der Waals surface area contributed by atoms with E-state index < -0.39 is 0 Å². The van der Waals surface area contributed by atoms with Crippen LogP contribution in [0.3, 0.4) is 0 Å². The van der Waals surface area contributed by atoms with Crippen molar-refractivity contribution in [1.29, 1.82) is 0 Å². The maximum Gasteiger partial charge on any atom is 0.120 e. The summed E-state index contributed by atoms with van der Waals surface area (Å²) in [6, 6.07) is 9.77. The fourth-order valence-electron chi connectivity index (χ4n) is 1.55. The number of aromatic nitrogens is 1. The molecule has 0 aliphatic rings. The number of benzene rings is 1. The Morgan fingerprint density at radius 2 is 2.06 bits per heavy atom. The summed E-state index contributed by atoms with van der Waals surface area (Å²) in [7, 11) is 0. The van der Waals surface area contributed by atoms with Crippen LogP contribution in [0.1, 0.15) is 0 Å². The topological polar surface area (TPSA) is 57.4 Å². The van der Waals surface area contributed by atoms with Crippen molar-refractivity contribution in [1.82, 2.24) is 4.98 Å². The summed E-state index contributed by atoms with van der Waals surface area (Å²) in [6.45, 7) is 2.21. The summed E-state index contributed by atoms with van der Waals surface area (Å²) < 4.78 is 10.8. The molecule has 0 bridgehead atoms. The van der Waals surface area contributed by atoms with E-state index in [-0.39, 0.29) is 0 Å². The van der Waals surface area contributed by atoms with Gasteiger partial charge in [-0.05, 0) is 24.3 Å². The number of rotatable bonds is 6. The van der Waals surface area contributed by atoms with Gasteiger partial charge in [0.15, 0.2) is 0 Å². The summed E-state index contributed by atoms with van der Waals surface area (Å²) in [5.74, 6) is 0.835. The molecule has 0 fully saturated rings. The van der Waals surface area contributed by atoms with Crippen LogP contribution < -0.4 is 10.5 Å². The lowest BCUT2D eigenvalue weighted by molar-refractivity contribution is 0.106. The largest absolute Gasteiger partial charge is 0.491 e. The SMILES string of the molecule is NCCOCCOc1ccc2ncccc2c1. The monoisotopic (exact) mass is 232 g/mol. The van der Waals surface area contributed by atoms with Gasteiger partial charge in [-0.1, -0.05) is 6.07 Å². The molecule has 1 aromatic carbocycles. The Labute approximate surface area is 100 Å². The van der Waals surface area contributed by atoms with Crippen LogP contribution in [0.5, 0.6) is 5.75 Å². The highest BCUT2D eigenvalue weighted by Gasteiger charge is 1.97. The molecule has 0 radical (unpaired) electrons. The fraction of sp³-hybridized carbons (Fsp3) is 0.308. The third kappa shape index (κ3) is 3.41. The van der Waals surface area contributed by atoms with E-state index in [0.29, 0.717) is 26.4 Å². The van der Waals surface area contributed by atoms with Crippen LogP contribution in [0.4, 0.5) is 0 Å². The first kappa shape index (κ1) is 11.8. The first-order valence-corrected chi connectivity index (χ1v) is 5.65. The minimum Gasteiger partial charge on any atom is -0.491 e. The Hall–Kier alpha value is -1.65. The Morgan fingerprint density at radius 1 is 1.12 bits per heavy atom. The smallest absolute Gasteiger partial charge is 0.120 e. The number of nitrogens with zero attached hydrogens (tertiary/aromatic N) is 1. The maximum atomic E-state index is 5.57. The lowest BCUT2D eigenvalue weighted by Crippen LogP contribution is -2.13. The van der Waals surface area contributed by atoms with Crippen LogP contribution in [0.2, 0.25) is 0 Å². The molecule has 0 atom stereocenters. The number of hydrogen-bond acceptors (Lipinski definition) is 4. The first-order chi connectivity index (χ1) is 8.40. The second-order valence-electron chi connectivity index (χ2n) is 3.61. The molecule has 0 unspecified atom stereocenters. The van der Waals surface area contributed by atoms with Gasteiger partial charge in [0.05, 0.1) is 18.7 Å². The molecule has 0 saturated carbocycles. The van der Waals surface area contributed by atoms with Crippen molar-refractivity contribution in [3.05, 3.63) is 36.5 Å². The van der Waals surface area contributed by atoms with Crippen molar-refractivity contribution < 1.29 is 9.47 Å². The molecule has 1 heterocycles. The van der Waals surface area contributed by atoms with Crippen LogP contribution in [-0.2, 0) is 4.74 Å². The molecule has 4 nitrogen and oxygen atoms in total. The molecular formula is C13H16N2O2. The van der Waals surface area contributed by atoms with E-state index >= 15 is 0 Å². The van der Waals surface area contributed by atoms with Gasteiger partial charge in [0.1, 0.15) is 12.4 Å². The van der Waals surface area contributed by atoms with Crippen molar-refractivity contribution >= 4 is 10.9 Å². The average molecular weight is 232 g/mol. The van der Waals surface area contributed by atoms with Crippen LogP contribution in [0.15, 0.2) is 36.5 Å². The molecule has 2 aromatic rings. The van der Waals surface area contributed by atoms with Gasteiger partial charge in [-0.3, -0.25) is 4.98 Å². The molecular weight excluding hydrogens is 216 g/mol. The minimum absolute atomic E-state index is 0.534. The van der Waals surface area contributed by atoms with Crippen LogP contribution in [0.25, 0.3) is 10.9 Å².